The smallest absolute Gasteiger partial charge is 0.347 e. The molecule has 2 aliphatic heterocycles. The van der Waals surface area contributed by atoms with Crippen LogP contribution in [-0.4, -0.2) is 155 Å². The number of amides is 2. The van der Waals surface area contributed by atoms with Crippen molar-refractivity contribution in [2.75, 3.05) is 78.5 Å². The molecule has 0 aromatic rings. The molecule has 0 unspecified atom stereocenters. The zero-order valence-electron chi connectivity index (χ0n) is 22.8. The highest BCUT2D eigenvalue weighted by molar-refractivity contribution is 6.01. The van der Waals surface area contributed by atoms with Gasteiger partial charge in [-0.1, -0.05) is 0 Å². The van der Waals surface area contributed by atoms with Crippen LogP contribution in [-0.2, 0) is 38.3 Å². The number of hydrogen-bond acceptors (Lipinski definition) is 12. The SMILES string of the molecule is CC(C)(C)OC(=O)CN1CCN(CC(=O)O)CCN(CC(=O)O)CCN(CC(=O)ON2C(=O)CCC2=O)CC1. The first kappa shape index (κ1) is 32.1. The molecule has 0 aliphatic carbocycles. The summed E-state index contributed by atoms with van der Waals surface area (Å²) >= 11 is 0. The van der Waals surface area contributed by atoms with E-state index in [9.17, 15) is 39.0 Å². The zero-order valence-corrected chi connectivity index (χ0v) is 22.8. The van der Waals surface area contributed by atoms with Crippen LogP contribution in [0.5, 0.6) is 0 Å². The van der Waals surface area contributed by atoms with Gasteiger partial charge in [0.25, 0.3) is 11.8 Å². The molecule has 0 saturated carbocycles. The van der Waals surface area contributed by atoms with Gasteiger partial charge in [-0.25, -0.2) is 4.79 Å². The Morgan fingerprint density at radius 1 is 0.641 bits per heavy atom. The van der Waals surface area contributed by atoms with Gasteiger partial charge in [0, 0.05) is 65.2 Å². The lowest BCUT2D eigenvalue weighted by Gasteiger charge is -2.33. The van der Waals surface area contributed by atoms with Crippen molar-refractivity contribution in [1.29, 1.82) is 0 Å². The molecule has 2 rings (SSSR count). The fraction of sp³-hybridized carbons (Fsp3) is 0.750. The minimum Gasteiger partial charge on any atom is -0.480 e. The van der Waals surface area contributed by atoms with Crippen molar-refractivity contribution in [2.24, 2.45) is 0 Å². The molecule has 0 radical (unpaired) electrons. The Morgan fingerprint density at radius 2 is 0.974 bits per heavy atom. The highest BCUT2D eigenvalue weighted by Crippen LogP contribution is 2.13. The maximum absolute atomic E-state index is 12.6. The molecular weight excluding hydrogens is 518 g/mol. The number of esters is 1. The number of rotatable bonds is 9. The van der Waals surface area contributed by atoms with E-state index < -0.39 is 41.3 Å². The van der Waals surface area contributed by atoms with E-state index >= 15 is 0 Å². The van der Waals surface area contributed by atoms with E-state index in [0.717, 1.165) is 0 Å². The summed E-state index contributed by atoms with van der Waals surface area (Å²) in [5.74, 6) is -4.53. The highest BCUT2D eigenvalue weighted by atomic mass is 16.7. The van der Waals surface area contributed by atoms with Gasteiger partial charge in [-0.15, -0.1) is 5.06 Å². The molecule has 0 aromatic heterocycles. The predicted octanol–water partition coefficient (Wildman–Crippen LogP) is -1.67. The van der Waals surface area contributed by atoms with Gasteiger partial charge in [0.15, 0.2) is 0 Å². The Balaban J connectivity index is 2.16. The van der Waals surface area contributed by atoms with Crippen LogP contribution in [0.25, 0.3) is 0 Å². The number of hydrogen-bond donors (Lipinski definition) is 2. The fourth-order valence-corrected chi connectivity index (χ4v) is 4.12. The number of carboxylic acids is 2. The molecular formula is C24H39N5O10. The summed E-state index contributed by atoms with van der Waals surface area (Å²) in [6.07, 6.45) is -0.0585. The summed E-state index contributed by atoms with van der Waals surface area (Å²) in [6.45, 7) is 6.62. The molecule has 0 aromatic carbocycles. The fourth-order valence-electron chi connectivity index (χ4n) is 4.12. The molecule has 15 heteroatoms. The molecule has 0 spiro atoms. The summed E-state index contributed by atoms with van der Waals surface area (Å²) in [6, 6.07) is 0. The van der Waals surface area contributed by atoms with Crippen molar-refractivity contribution in [3.63, 3.8) is 0 Å². The maximum Gasteiger partial charge on any atom is 0.347 e. The molecule has 0 bridgehead atoms. The van der Waals surface area contributed by atoms with Gasteiger partial charge in [0.2, 0.25) is 0 Å². The first-order chi connectivity index (χ1) is 18.2. The van der Waals surface area contributed by atoms with Crippen LogP contribution in [0.4, 0.5) is 0 Å². The van der Waals surface area contributed by atoms with E-state index in [1.54, 1.807) is 40.4 Å². The monoisotopic (exact) mass is 557 g/mol. The van der Waals surface area contributed by atoms with E-state index in [4.69, 9.17) is 9.57 Å². The minimum absolute atomic E-state index is 0.0293. The molecule has 2 amide bonds. The quantitative estimate of drug-likeness (QED) is 0.243. The molecule has 220 valence electrons. The van der Waals surface area contributed by atoms with Gasteiger partial charge in [-0.2, -0.15) is 0 Å². The van der Waals surface area contributed by atoms with Crippen LogP contribution in [0.15, 0.2) is 0 Å². The molecule has 0 atom stereocenters. The second-order valence-electron chi connectivity index (χ2n) is 10.5. The Kier molecular flexibility index (Phi) is 12.2. The Hall–Kier alpha value is -3.14. The van der Waals surface area contributed by atoms with Crippen molar-refractivity contribution >= 4 is 35.7 Å². The Labute approximate surface area is 227 Å². The van der Waals surface area contributed by atoms with Crippen molar-refractivity contribution < 1.29 is 48.6 Å². The first-order valence-corrected chi connectivity index (χ1v) is 12.8. The van der Waals surface area contributed by atoms with Gasteiger partial charge in [-0.3, -0.25) is 43.6 Å². The van der Waals surface area contributed by atoms with Gasteiger partial charge >= 0.3 is 23.9 Å². The number of ether oxygens (including phenoxy) is 1. The zero-order chi connectivity index (χ0) is 29.2. The van der Waals surface area contributed by atoms with Crippen molar-refractivity contribution in [2.45, 2.75) is 39.2 Å². The van der Waals surface area contributed by atoms with E-state index in [-0.39, 0.29) is 71.7 Å². The minimum atomic E-state index is -1.05. The lowest BCUT2D eigenvalue weighted by molar-refractivity contribution is -0.198. The number of carboxylic acid groups (broad SMARTS) is 2. The number of carbonyl (C=O) groups excluding carboxylic acids is 4. The Morgan fingerprint density at radius 3 is 1.31 bits per heavy atom. The third-order valence-corrected chi connectivity index (χ3v) is 5.97. The van der Waals surface area contributed by atoms with Crippen LogP contribution in [0.3, 0.4) is 0 Å². The molecule has 2 fully saturated rings. The molecule has 2 heterocycles. The van der Waals surface area contributed by atoms with Crippen LogP contribution >= 0.6 is 0 Å². The second-order valence-corrected chi connectivity index (χ2v) is 10.5. The molecule has 15 nitrogen and oxygen atoms in total. The highest BCUT2D eigenvalue weighted by Gasteiger charge is 2.33. The first-order valence-electron chi connectivity index (χ1n) is 12.8. The van der Waals surface area contributed by atoms with Crippen molar-refractivity contribution in [3.8, 4) is 0 Å². The van der Waals surface area contributed by atoms with Crippen molar-refractivity contribution in [1.82, 2.24) is 24.7 Å². The molecule has 39 heavy (non-hydrogen) atoms. The molecule has 2 aliphatic rings. The summed E-state index contributed by atoms with van der Waals surface area (Å²) < 4.78 is 5.43. The second kappa shape index (κ2) is 14.9. The average molecular weight is 558 g/mol. The van der Waals surface area contributed by atoms with Gasteiger partial charge in [-0.05, 0) is 20.8 Å². The van der Waals surface area contributed by atoms with Crippen LogP contribution in [0, 0.1) is 0 Å². The number of hydroxylamine groups is 2. The van der Waals surface area contributed by atoms with E-state index in [2.05, 4.69) is 0 Å². The van der Waals surface area contributed by atoms with Crippen LogP contribution < -0.4 is 0 Å². The van der Waals surface area contributed by atoms with Gasteiger partial charge in [0.1, 0.15) is 5.60 Å². The van der Waals surface area contributed by atoms with E-state index in [1.807, 2.05) is 0 Å². The average Bonchev–Trinajstić information content (AvgIpc) is 3.10. The van der Waals surface area contributed by atoms with E-state index in [0.29, 0.717) is 24.7 Å². The molecule has 2 N–H and O–H groups in total. The number of imide groups is 1. The Bertz CT molecular complexity index is 905. The largest absolute Gasteiger partial charge is 0.480 e. The van der Waals surface area contributed by atoms with Crippen LogP contribution in [0.1, 0.15) is 33.6 Å². The van der Waals surface area contributed by atoms with E-state index in [1.165, 1.54) is 0 Å². The summed E-state index contributed by atoms with van der Waals surface area (Å²) in [4.78, 5) is 83.3. The summed E-state index contributed by atoms with van der Waals surface area (Å²) in [7, 11) is 0. The maximum atomic E-state index is 12.6. The van der Waals surface area contributed by atoms with Crippen LogP contribution in [0.2, 0.25) is 0 Å². The number of nitrogens with zero attached hydrogens (tertiary/aromatic N) is 5. The summed E-state index contributed by atoms with van der Waals surface area (Å²) in [5, 5.41) is 19.1. The third kappa shape index (κ3) is 12.5. The molecule has 2 saturated heterocycles. The standard InChI is InChI=1S/C24H39N5O10/c1-24(2,3)38-22(36)16-27-10-8-25(14-20(32)33)6-7-26(15-21(34)35)9-11-28(13-12-27)17-23(37)39-29-18(30)4-5-19(29)31/h4-17H2,1-3H3,(H,32,33)(H,34,35). The van der Waals surface area contributed by atoms with Gasteiger partial charge in [0.05, 0.1) is 26.2 Å². The normalized spacial score (nSPS) is 19.8. The number of aliphatic carboxylic acids is 2. The number of carbonyl (C=O) groups is 6. The van der Waals surface area contributed by atoms with Crippen molar-refractivity contribution in [3.05, 3.63) is 0 Å². The lowest BCUT2D eigenvalue weighted by atomic mass is 10.2. The van der Waals surface area contributed by atoms with Gasteiger partial charge < -0.3 is 19.8 Å². The lowest BCUT2D eigenvalue weighted by Crippen LogP contribution is -2.49. The topological polar surface area (TPSA) is 178 Å². The summed E-state index contributed by atoms with van der Waals surface area (Å²) in [5.41, 5.74) is -0.688. The third-order valence-electron chi connectivity index (χ3n) is 5.97. The predicted molar refractivity (Wildman–Crippen MR) is 134 cm³/mol.